The van der Waals surface area contributed by atoms with Crippen LogP contribution < -0.4 is 10.1 Å². The third-order valence-electron chi connectivity index (χ3n) is 2.89. The molecule has 2 atom stereocenters. The number of hydrogen-bond acceptors (Lipinski definition) is 3. The Morgan fingerprint density at radius 3 is 2.69 bits per heavy atom. The molecule has 1 N–H and O–H groups in total. The average Bonchev–Trinajstić information content (AvgIpc) is 2.68. The fourth-order valence-electron chi connectivity index (χ4n) is 1.95. The van der Waals surface area contributed by atoms with Gasteiger partial charge < -0.3 is 14.8 Å². The molecular formula is C13H19NO2. The van der Waals surface area contributed by atoms with Gasteiger partial charge in [0.2, 0.25) is 0 Å². The van der Waals surface area contributed by atoms with Gasteiger partial charge in [-0.25, -0.2) is 0 Å². The molecule has 0 aromatic heterocycles. The van der Waals surface area contributed by atoms with Crippen molar-refractivity contribution in [3.05, 3.63) is 24.3 Å². The fraction of sp³-hybridized carbons (Fsp3) is 0.538. The molecule has 1 aliphatic rings. The molecule has 0 radical (unpaired) electrons. The SMILES string of the molecule is CCOc1ccc(NC2CCOC2C)cc1. The maximum atomic E-state index is 5.51. The van der Waals surface area contributed by atoms with Crippen LogP contribution in [0.25, 0.3) is 0 Å². The minimum atomic E-state index is 0.298. The standard InChI is InChI=1S/C13H19NO2/c1-3-15-12-6-4-11(5-7-12)14-13-8-9-16-10(13)2/h4-7,10,13-14H,3,8-9H2,1-2H3. The molecule has 2 rings (SSSR count). The smallest absolute Gasteiger partial charge is 0.119 e. The van der Waals surface area contributed by atoms with Gasteiger partial charge in [-0.2, -0.15) is 0 Å². The van der Waals surface area contributed by atoms with Crippen LogP contribution >= 0.6 is 0 Å². The van der Waals surface area contributed by atoms with E-state index in [4.69, 9.17) is 9.47 Å². The average molecular weight is 221 g/mol. The zero-order valence-electron chi connectivity index (χ0n) is 9.90. The van der Waals surface area contributed by atoms with Crippen molar-refractivity contribution in [2.75, 3.05) is 18.5 Å². The number of anilines is 1. The van der Waals surface area contributed by atoms with Crippen LogP contribution in [0.15, 0.2) is 24.3 Å². The summed E-state index contributed by atoms with van der Waals surface area (Å²) in [5.74, 6) is 0.920. The molecule has 0 saturated carbocycles. The lowest BCUT2D eigenvalue weighted by atomic mass is 10.1. The lowest BCUT2D eigenvalue weighted by molar-refractivity contribution is 0.121. The highest BCUT2D eigenvalue weighted by Gasteiger charge is 2.23. The Morgan fingerprint density at radius 1 is 1.38 bits per heavy atom. The molecule has 1 saturated heterocycles. The van der Waals surface area contributed by atoms with Crippen LogP contribution in [0.3, 0.4) is 0 Å². The molecule has 0 bridgehead atoms. The Balaban J connectivity index is 1.94. The summed E-state index contributed by atoms with van der Waals surface area (Å²) < 4.78 is 10.9. The summed E-state index contributed by atoms with van der Waals surface area (Å²) in [6.45, 7) is 5.67. The van der Waals surface area contributed by atoms with Gasteiger partial charge in [-0.15, -0.1) is 0 Å². The molecule has 3 nitrogen and oxygen atoms in total. The van der Waals surface area contributed by atoms with Gasteiger partial charge in [-0.3, -0.25) is 0 Å². The highest BCUT2D eigenvalue weighted by Crippen LogP contribution is 2.21. The van der Waals surface area contributed by atoms with Gasteiger partial charge in [-0.1, -0.05) is 0 Å². The topological polar surface area (TPSA) is 30.5 Å². The molecular weight excluding hydrogens is 202 g/mol. The van der Waals surface area contributed by atoms with Crippen LogP contribution in [0, 0.1) is 0 Å². The Bertz CT molecular complexity index is 323. The van der Waals surface area contributed by atoms with E-state index in [1.165, 1.54) is 0 Å². The fourth-order valence-corrected chi connectivity index (χ4v) is 1.95. The van der Waals surface area contributed by atoms with Crippen LogP contribution in [-0.4, -0.2) is 25.4 Å². The van der Waals surface area contributed by atoms with E-state index in [2.05, 4.69) is 24.4 Å². The summed E-state index contributed by atoms with van der Waals surface area (Å²) in [4.78, 5) is 0. The van der Waals surface area contributed by atoms with Crippen molar-refractivity contribution in [1.29, 1.82) is 0 Å². The number of ether oxygens (including phenoxy) is 2. The van der Waals surface area contributed by atoms with Gasteiger partial charge in [0.15, 0.2) is 0 Å². The minimum absolute atomic E-state index is 0.298. The third-order valence-corrected chi connectivity index (χ3v) is 2.89. The molecule has 88 valence electrons. The molecule has 1 aromatic carbocycles. The summed E-state index contributed by atoms with van der Waals surface area (Å²) >= 11 is 0. The van der Waals surface area contributed by atoms with E-state index in [0.29, 0.717) is 18.8 Å². The molecule has 0 amide bonds. The normalized spacial score (nSPS) is 24.4. The van der Waals surface area contributed by atoms with Crippen LogP contribution in [0.2, 0.25) is 0 Å². The first-order valence-electron chi connectivity index (χ1n) is 5.90. The second kappa shape index (κ2) is 5.21. The summed E-state index contributed by atoms with van der Waals surface area (Å²) in [5, 5.41) is 3.48. The number of hydrogen-bond donors (Lipinski definition) is 1. The first-order chi connectivity index (χ1) is 7.79. The molecule has 1 fully saturated rings. The van der Waals surface area contributed by atoms with Crippen molar-refractivity contribution in [2.24, 2.45) is 0 Å². The Kier molecular flexibility index (Phi) is 3.67. The van der Waals surface area contributed by atoms with E-state index in [0.717, 1.165) is 24.5 Å². The quantitative estimate of drug-likeness (QED) is 0.848. The summed E-state index contributed by atoms with van der Waals surface area (Å²) in [7, 11) is 0. The van der Waals surface area contributed by atoms with Crippen LogP contribution in [0.4, 0.5) is 5.69 Å². The maximum Gasteiger partial charge on any atom is 0.119 e. The van der Waals surface area contributed by atoms with Crippen LogP contribution in [0.1, 0.15) is 20.3 Å². The van der Waals surface area contributed by atoms with Crippen molar-refractivity contribution in [3.63, 3.8) is 0 Å². The van der Waals surface area contributed by atoms with E-state index < -0.39 is 0 Å². The largest absolute Gasteiger partial charge is 0.494 e. The van der Waals surface area contributed by atoms with Gasteiger partial charge >= 0.3 is 0 Å². The number of rotatable bonds is 4. The molecule has 2 unspecified atom stereocenters. The van der Waals surface area contributed by atoms with E-state index in [9.17, 15) is 0 Å². The molecule has 0 aliphatic carbocycles. The van der Waals surface area contributed by atoms with E-state index in [1.807, 2.05) is 19.1 Å². The van der Waals surface area contributed by atoms with Crippen molar-refractivity contribution >= 4 is 5.69 Å². The van der Waals surface area contributed by atoms with Gasteiger partial charge in [0.1, 0.15) is 5.75 Å². The maximum absolute atomic E-state index is 5.51. The Hall–Kier alpha value is -1.22. The molecule has 1 heterocycles. The van der Waals surface area contributed by atoms with Gasteiger partial charge in [-0.05, 0) is 44.5 Å². The second-order valence-corrected chi connectivity index (χ2v) is 4.07. The van der Waals surface area contributed by atoms with Crippen molar-refractivity contribution in [2.45, 2.75) is 32.4 Å². The molecule has 0 spiro atoms. The second-order valence-electron chi connectivity index (χ2n) is 4.07. The lowest BCUT2D eigenvalue weighted by Crippen LogP contribution is -2.26. The molecule has 1 aromatic rings. The van der Waals surface area contributed by atoms with E-state index in [-0.39, 0.29) is 0 Å². The van der Waals surface area contributed by atoms with E-state index in [1.54, 1.807) is 0 Å². The van der Waals surface area contributed by atoms with Crippen LogP contribution in [0.5, 0.6) is 5.75 Å². The zero-order chi connectivity index (χ0) is 11.4. The number of nitrogens with one attached hydrogen (secondary N) is 1. The van der Waals surface area contributed by atoms with E-state index >= 15 is 0 Å². The predicted octanol–water partition coefficient (Wildman–Crippen LogP) is 2.67. The van der Waals surface area contributed by atoms with Gasteiger partial charge in [0.05, 0.1) is 18.8 Å². The highest BCUT2D eigenvalue weighted by atomic mass is 16.5. The first kappa shape index (κ1) is 11.3. The highest BCUT2D eigenvalue weighted by molar-refractivity contribution is 5.47. The summed E-state index contributed by atoms with van der Waals surface area (Å²) in [5.41, 5.74) is 1.13. The Morgan fingerprint density at radius 2 is 2.12 bits per heavy atom. The number of benzene rings is 1. The van der Waals surface area contributed by atoms with Gasteiger partial charge in [0.25, 0.3) is 0 Å². The van der Waals surface area contributed by atoms with Crippen molar-refractivity contribution in [1.82, 2.24) is 0 Å². The molecule has 1 aliphatic heterocycles. The Labute approximate surface area is 96.8 Å². The van der Waals surface area contributed by atoms with Crippen molar-refractivity contribution < 1.29 is 9.47 Å². The van der Waals surface area contributed by atoms with Crippen molar-refractivity contribution in [3.8, 4) is 5.75 Å². The summed E-state index contributed by atoms with van der Waals surface area (Å²) in [6.07, 6.45) is 1.38. The third kappa shape index (κ3) is 2.67. The minimum Gasteiger partial charge on any atom is -0.494 e. The first-order valence-corrected chi connectivity index (χ1v) is 5.90. The zero-order valence-corrected chi connectivity index (χ0v) is 9.90. The summed E-state index contributed by atoms with van der Waals surface area (Å²) in [6, 6.07) is 8.52. The monoisotopic (exact) mass is 221 g/mol. The predicted molar refractivity (Wildman–Crippen MR) is 65.1 cm³/mol. The lowest BCUT2D eigenvalue weighted by Gasteiger charge is -2.17. The van der Waals surface area contributed by atoms with Gasteiger partial charge in [0, 0.05) is 12.3 Å². The van der Waals surface area contributed by atoms with Crippen LogP contribution in [-0.2, 0) is 4.74 Å². The molecule has 3 heteroatoms. The molecule has 16 heavy (non-hydrogen) atoms.